The molecule has 0 N–H and O–H groups in total. The predicted octanol–water partition coefficient (Wildman–Crippen LogP) is 3.69. The van der Waals surface area contributed by atoms with Crippen LogP contribution in [0.2, 0.25) is 0 Å². The summed E-state index contributed by atoms with van der Waals surface area (Å²) < 4.78 is 22.6. The molecule has 3 nitrogen and oxygen atoms in total. The summed E-state index contributed by atoms with van der Waals surface area (Å²) in [5.41, 5.74) is 0. The normalized spacial score (nSPS) is 12.4. The molecule has 0 heterocycles. The summed E-state index contributed by atoms with van der Waals surface area (Å²) in [5.74, 6) is 0.443. The maximum atomic E-state index is 12.1. The molecule has 0 aromatic rings. The van der Waals surface area contributed by atoms with Gasteiger partial charge in [0.05, 0.1) is 19.4 Å². The Kier molecular flexibility index (Phi) is 7.52. The van der Waals surface area contributed by atoms with Crippen molar-refractivity contribution in [3.05, 3.63) is 0 Å². The van der Waals surface area contributed by atoms with Crippen LogP contribution < -0.4 is 0 Å². The number of rotatable bonds is 8. The van der Waals surface area contributed by atoms with Gasteiger partial charge in [0.1, 0.15) is 0 Å². The Hall–Kier alpha value is 0.150. The SMILES string of the molecule is CCOP(=O)(CC(CC)CC)OCC. The van der Waals surface area contributed by atoms with Crippen molar-refractivity contribution in [3.63, 3.8) is 0 Å². The molecule has 0 saturated carbocycles. The molecule has 0 unspecified atom stereocenters. The summed E-state index contributed by atoms with van der Waals surface area (Å²) >= 11 is 0. The molecule has 0 aliphatic heterocycles. The fourth-order valence-electron chi connectivity index (χ4n) is 1.40. The first-order valence-electron chi connectivity index (χ1n) is 5.49. The highest BCUT2D eigenvalue weighted by Gasteiger charge is 2.26. The van der Waals surface area contributed by atoms with Crippen molar-refractivity contribution in [1.82, 2.24) is 0 Å². The van der Waals surface area contributed by atoms with Crippen molar-refractivity contribution in [1.29, 1.82) is 0 Å². The zero-order chi connectivity index (χ0) is 11.0. The molecule has 0 aliphatic rings. The molecule has 14 heavy (non-hydrogen) atoms. The highest BCUT2D eigenvalue weighted by molar-refractivity contribution is 7.53. The van der Waals surface area contributed by atoms with Gasteiger partial charge >= 0.3 is 7.60 Å². The molecular formula is C10H23O3P. The quantitative estimate of drug-likeness (QED) is 0.587. The molecule has 0 atom stereocenters. The minimum atomic E-state index is -2.81. The molecular weight excluding hydrogens is 199 g/mol. The van der Waals surface area contributed by atoms with Crippen LogP contribution in [-0.4, -0.2) is 19.4 Å². The maximum Gasteiger partial charge on any atom is 0.330 e. The van der Waals surface area contributed by atoms with E-state index < -0.39 is 7.60 Å². The van der Waals surface area contributed by atoms with E-state index in [0.29, 0.717) is 25.3 Å². The molecule has 4 heteroatoms. The minimum absolute atomic E-state index is 0.443. The van der Waals surface area contributed by atoms with E-state index >= 15 is 0 Å². The van der Waals surface area contributed by atoms with E-state index in [1.807, 2.05) is 13.8 Å². The fourth-order valence-corrected chi connectivity index (χ4v) is 3.62. The lowest BCUT2D eigenvalue weighted by Gasteiger charge is -2.21. The van der Waals surface area contributed by atoms with Crippen LogP contribution in [0.1, 0.15) is 40.5 Å². The lowest BCUT2D eigenvalue weighted by atomic mass is 10.1. The Labute approximate surface area is 87.7 Å². The van der Waals surface area contributed by atoms with Crippen molar-refractivity contribution >= 4 is 7.60 Å². The summed E-state index contributed by atoms with van der Waals surface area (Å²) in [6.07, 6.45) is 2.61. The Morgan fingerprint density at radius 3 is 1.71 bits per heavy atom. The molecule has 0 aromatic heterocycles. The lowest BCUT2D eigenvalue weighted by molar-refractivity contribution is 0.215. The third kappa shape index (κ3) is 5.14. The van der Waals surface area contributed by atoms with Gasteiger partial charge in [-0.3, -0.25) is 4.57 Å². The standard InChI is InChI=1S/C10H23O3P/c1-5-10(6-2)9-14(11,12-7-3)13-8-4/h10H,5-9H2,1-4H3. The first kappa shape index (κ1) is 14.2. The van der Waals surface area contributed by atoms with Crippen molar-refractivity contribution in [2.24, 2.45) is 5.92 Å². The summed E-state index contributed by atoms with van der Waals surface area (Å²) in [7, 11) is -2.81. The van der Waals surface area contributed by atoms with Gasteiger partial charge < -0.3 is 9.05 Å². The third-order valence-electron chi connectivity index (χ3n) is 2.29. The molecule has 0 spiro atoms. The Morgan fingerprint density at radius 1 is 1.00 bits per heavy atom. The molecule has 0 aliphatic carbocycles. The van der Waals surface area contributed by atoms with Gasteiger partial charge in [-0.25, -0.2) is 0 Å². The van der Waals surface area contributed by atoms with E-state index in [0.717, 1.165) is 12.8 Å². The minimum Gasteiger partial charge on any atom is -0.309 e. The van der Waals surface area contributed by atoms with Crippen molar-refractivity contribution in [2.45, 2.75) is 40.5 Å². The summed E-state index contributed by atoms with van der Waals surface area (Å²) in [6, 6.07) is 0. The van der Waals surface area contributed by atoms with E-state index in [1.165, 1.54) is 0 Å². The van der Waals surface area contributed by atoms with Crippen LogP contribution in [0.3, 0.4) is 0 Å². The molecule has 0 radical (unpaired) electrons. The van der Waals surface area contributed by atoms with Crippen LogP contribution in [-0.2, 0) is 13.6 Å². The van der Waals surface area contributed by atoms with E-state index in [-0.39, 0.29) is 0 Å². The van der Waals surface area contributed by atoms with Crippen LogP contribution in [0.5, 0.6) is 0 Å². The molecule has 0 fully saturated rings. The maximum absolute atomic E-state index is 12.1. The topological polar surface area (TPSA) is 35.5 Å². The predicted molar refractivity (Wildman–Crippen MR) is 59.8 cm³/mol. The summed E-state index contributed by atoms with van der Waals surface area (Å²) in [6.45, 7) is 8.82. The summed E-state index contributed by atoms with van der Waals surface area (Å²) in [4.78, 5) is 0. The number of hydrogen-bond acceptors (Lipinski definition) is 3. The van der Waals surface area contributed by atoms with Crippen LogP contribution in [0.4, 0.5) is 0 Å². The first-order valence-corrected chi connectivity index (χ1v) is 7.22. The van der Waals surface area contributed by atoms with Gasteiger partial charge in [0.15, 0.2) is 0 Å². The smallest absolute Gasteiger partial charge is 0.309 e. The Balaban J connectivity index is 4.26. The van der Waals surface area contributed by atoms with Crippen LogP contribution >= 0.6 is 7.60 Å². The van der Waals surface area contributed by atoms with Crippen molar-refractivity contribution in [3.8, 4) is 0 Å². The van der Waals surface area contributed by atoms with Gasteiger partial charge in [0, 0.05) is 0 Å². The fraction of sp³-hybridized carbons (Fsp3) is 1.00. The van der Waals surface area contributed by atoms with E-state index in [4.69, 9.17) is 9.05 Å². The van der Waals surface area contributed by atoms with E-state index in [1.54, 1.807) is 0 Å². The zero-order valence-electron chi connectivity index (χ0n) is 9.78. The molecule has 86 valence electrons. The van der Waals surface area contributed by atoms with Crippen molar-refractivity contribution in [2.75, 3.05) is 19.4 Å². The molecule has 0 rings (SSSR count). The molecule has 0 bridgehead atoms. The van der Waals surface area contributed by atoms with Gasteiger partial charge in [-0.15, -0.1) is 0 Å². The van der Waals surface area contributed by atoms with E-state index in [9.17, 15) is 4.57 Å². The van der Waals surface area contributed by atoms with Gasteiger partial charge in [-0.05, 0) is 19.8 Å². The van der Waals surface area contributed by atoms with Crippen LogP contribution in [0.15, 0.2) is 0 Å². The lowest BCUT2D eigenvalue weighted by Crippen LogP contribution is -2.09. The van der Waals surface area contributed by atoms with Crippen LogP contribution in [0.25, 0.3) is 0 Å². The highest BCUT2D eigenvalue weighted by Crippen LogP contribution is 2.50. The second-order valence-electron chi connectivity index (χ2n) is 3.31. The Morgan fingerprint density at radius 2 is 1.43 bits per heavy atom. The molecule has 0 saturated heterocycles. The van der Waals surface area contributed by atoms with Crippen LogP contribution in [0, 0.1) is 5.92 Å². The van der Waals surface area contributed by atoms with Gasteiger partial charge in [-0.2, -0.15) is 0 Å². The molecule has 0 aromatic carbocycles. The monoisotopic (exact) mass is 222 g/mol. The summed E-state index contributed by atoms with van der Waals surface area (Å²) in [5, 5.41) is 0. The average molecular weight is 222 g/mol. The van der Waals surface area contributed by atoms with Gasteiger partial charge in [0.25, 0.3) is 0 Å². The Bertz CT molecular complexity index is 168. The molecule has 0 amide bonds. The first-order chi connectivity index (χ1) is 6.61. The second kappa shape index (κ2) is 7.44. The zero-order valence-corrected chi connectivity index (χ0v) is 10.7. The van der Waals surface area contributed by atoms with Gasteiger partial charge in [0.2, 0.25) is 0 Å². The number of hydrogen-bond donors (Lipinski definition) is 0. The van der Waals surface area contributed by atoms with E-state index in [2.05, 4.69) is 13.8 Å². The largest absolute Gasteiger partial charge is 0.330 e. The van der Waals surface area contributed by atoms with Gasteiger partial charge in [-0.1, -0.05) is 26.7 Å². The third-order valence-corrected chi connectivity index (χ3v) is 4.55. The van der Waals surface area contributed by atoms with Crippen molar-refractivity contribution < 1.29 is 13.6 Å². The highest BCUT2D eigenvalue weighted by atomic mass is 31.2. The second-order valence-corrected chi connectivity index (χ2v) is 5.41. The average Bonchev–Trinajstić information content (AvgIpc) is 2.15.